The molecule has 5 nitrogen and oxygen atoms in total. The fourth-order valence-corrected chi connectivity index (χ4v) is 3.91. The van der Waals surface area contributed by atoms with E-state index in [-0.39, 0.29) is 26.9 Å². The Bertz CT molecular complexity index is 649. The van der Waals surface area contributed by atoms with E-state index in [0.29, 0.717) is 18.7 Å². The minimum atomic E-state index is -3.61. The van der Waals surface area contributed by atoms with E-state index < -0.39 is 10.0 Å². The number of thiocarbonyl (C=S) groups is 1. The first-order valence-corrected chi connectivity index (χ1v) is 8.79. The minimum Gasteiger partial charge on any atom is -0.389 e. The molecule has 1 aromatic carbocycles. The SMILES string of the molecule is CC1OCCC1CNS(=O)(=O)c1ccc(C(N)=S)c(Cl)c1. The second-order valence-electron chi connectivity index (χ2n) is 4.98. The van der Waals surface area contributed by atoms with Crippen LogP contribution < -0.4 is 10.5 Å². The molecule has 3 N–H and O–H groups in total. The molecule has 1 aliphatic heterocycles. The molecule has 1 aliphatic rings. The molecule has 116 valence electrons. The van der Waals surface area contributed by atoms with Crippen LogP contribution in [-0.4, -0.2) is 32.7 Å². The molecule has 21 heavy (non-hydrogen) atoms. The molecule has 0 amide bonds. The van der Waals surface area contributed by atoms with E-state index in [1.165, 1.54) is 18.2 Å². The van der Waals surface area contributed by atoms with Gasteiger partial charge in [0.15, 0.2) is 0 Å². The zero-order chi connectivity index (χ0) is 15.6. The first-order chi connectivity index (χ1) is 9.81. The molecule has 1 heterocycles. The lowest BCUT2D eigenvalue weighted by Gasteiger charge is -2.15. The second kappa shape index (κ2) is 6.58. The highest BCUT2D eigenvalue weighted by Gasteiger charge is 2.26. The topological polar surface area (TPSA) is 81.4 Å². The molecule has 0 bridgehead atoms. The Morgan fingerprint density at radius 1 is 1.57 bits per heavy atom. The molecule has 0 aromatic heterocycles. The van der Waals surface area contributed by atoms with Gasteiger partial charge >= 0.3 is 0 Å². The Kier molecular flexibility index (Phi) is 5.21. The lowest BCUT2D eigenvalue weighted by atomic mass is 10.0. The average molecular weight is 349 g/mol. The first-order valence-electron chi connectivity index (χ1n) is 6.52. The zero-order valence-corrected chi connectivity index (χ0v) is 13.9. The van der Waals surface area contributed by atoms with E-state index in [4.69, 9.17) is 34.3 Å². The molecular formula is C13H17ClN2O3S2. The lowest BCUT2D eigenvalue weighted by molar-refractivity contribution is 0.107. The third kappa shape index (κ3) is 3.92. The summed E-state index contributed by atoms with van der Waals surface area (Å²) < 4.78 is 32.5. The molecule has 1 fully saturated rings. The van der Waals surface area contributed by atoms with E-state index in [1.807, 2.05) is 6.92 Å². The van der Waals surface area contributed by atoms with Crippen molar-refractivity contribution >= 4 is 38.8 Å². The van der Waals surface area contributed by atoms with Crippen molar-refractivity contribution in [1.29, 1.82) is 0 Å². The summed E-state index contributed by atoms with van der Waals surface area (Å²) in [5, 5.41) is 0.225. The summed E-state index contributed by atoms with van der Waals surface area (Å²) in [5.74, 6) is 0.186. The Labute approximate surface area is 134 Å². The Balaban J connectivity index is 2.12. The molecule has 1 aromatic rings. The van der Waals surface area contributed by atoms with Crippen molar-refractivity contribution in [2.45, 2.75) is 24.3 Å². The first kappa shape index (κ1) is 16.6. The van der Waals surface area contributed by atoms with Crippen LogP contribution in [0.5, 0.6) is 0 Å². The average Bonchev–Trinajstić information content (AvgIpc) is 2.81. The number of rotatable bonds is 5. The predicted molar refractivity (Wildman–Crippen MR) is 86.0 cm³/mol. The van der Waals surface area contributed by atoms with E-state index in [9.17, 15) is 8.42 Å². The van der Waals surface area contributed by atoms with Crippen LogP contribution in [0.3, 0.4) is 0 Å². The third-order valence-corrected chi connectivity index (χ3v) is 5.54. The maximum Gasteiger partial charge on any atom is 0.240 e. The van der Waals surface area contributed by atoms with Gasteiger partial charge in [-0.2, -0.15) is 0 Å². The minimum absolute atomic E-state index is 0.0632. The number of halogens is 1. The molecule has 2 unspecified atom stereocenters. The number of nitrogens with one attached hydrogen (secondary N) is 1. The molecule has 0 spiro atoms. The van der Waals surface area contributed by atoms with Crippen molar-refractivity contribution in [2.75, 3.05) is 13.2 Å². The van der Waals surface area contributed by atoms with E-state index >= 15 is 0 Å². The summed E-state index contributed by atoms with van der Waals surface area (Å²) >= 11 is 10.8. The number of hydrogen-bond acceptors (Lipinski definition) is 4. The fraction of sp³-hybridized carbons (Fsp3) is 0.462. The van der Waals surface area contributed by atoms with Gasteiger partial charge in [0, 0.05) is 24.6 Å². The lowest BCUT2D eigenvalue weighted by Crippen LogP contribution is -2.32. The smallest absolute Gasteiger partial charge is 0.240 e. The highest BCUT2D eigenvalue weighted by molar-refractivity contribution is 7.89. The summed E-state index contributed by atoms with van der Waals surface area (Å²) in [5.41, 5.74) is 5.96. The van der Waals surface area contributed by atoms with E-state index in [0.717, 1.165) is 6.42 Å². The molecule has 2 atom stereocenters. The van der Waals surface area contributed by atoms with Crippen LogP contribution in [0.1, 0.15) is 18.9 Å². The van der Waals surface area contributed by atoms with Crippen molar-refractivity contribution in [3.63, 3.8) is 0 Å². The van der Waals surface area contributed by atoms with Gasteiger partial charge in [0.2, 0.25) is 10.0 Å². The Hall–Kier alpha value is -0.730. The Morgan fingerprint density at radius 2 is 2.29 bits per heavy atom. The van der Waals surface area contributed by atoms with Crippen molar-refractivity contribution < 1.29 is 13.2 Å². The highest BCUT2D eigenvalue weighted by Crippen LogP contribution is 2.23. The molecule has 0 radical (unpaired) electrons. The van der Waals surface area contributed by atoms with Gasteiger partial charge in [0.05, 0.1) is 16.0 Å². The largest absolute Gasteiger partial charge is 0.389 e. The van der Waals surface area contributed by atoms with Crippen molar-refractivity contribution in [1.82, 2.24) is 4.72 Å². The number of benzene rings is 1. The van der Waals surface area contributed by atoms with Crippen LogP contribution in [0.15, 0.2) is 23.1 Å². The highest BCUT2D eigenvalue weighted by atomic mass is 35.5. The zero-order valence-electron chi connectivity index (χ0n) is 11.5. The van der Waals surface area contributed by atoms with Crippen molar-refractivity contribution in [2.24, 2.45) is 11.7 Å². The van der Waals surface area contributed by atoms with Gasteiger partial charge in [-0.15, -0.1) is 0 Å². The summed E-state index contributed by atoms with van der Waals surface area (Å²) in [6.45, 7) is 2.96. The number of nitrogens with two attached hydrogens (primary N) is 1. The number of hydrogen-bond donors (Lipinski definition) is 2. The summed E-state index contributed by atoms with van der Waals surface area (Å²) in [4.78, 5) is 0.230. The van der Waals surface area contributed by atoms with Crippen LogP contribution in [0.2, 0.25) is 5.02 Å². The normalized spacial score (nSPS) is 22.4. The van der Waals surface area contributed by atoms with Crippen LogP contribution in [0, 0.1) is 5.92 Å². The third-order valence-electron chi connectivity index (χ3n) is 3.59. The van der Waals surface area contributed by atoms with E-state index in [1.54, 1.807) is 0 Å². The fourth-order valence-electron chi connectivity index (χ4n) is 2.21. The Morgan fingerprint density at radius 3 is 2.81 bits per heavy atom. The number of ether oxygens (including phenoxy) is 1. The molecule has 1 saturated heterocycles. The van der Waals surface area contributed by atoms with Gasteiger partial charge in [0.1, 0.15) is 4.99 Å². The molecule has 0 aliphatic carbocycles. The van der Waals surface area contributed by atoms with Gasteiger partial charge in [-0.3, -0.25) is 0 Å². The van der Waals surface area contributed by atoms with Crippen molar-refractivity contribution in [3.8, 4) is 0 Å². The van der Waals surface area contributed by atoms with Crippen LogP contribution in [0.25, 0.3) is 0 Å². The molecule has 0 saturated carbocycles. The van der Waals surface area contributed by atoms with Gasteiger partial charge in [-0.05, 0) is 31.5 Å². The second-order valence-corrected chi connectivity index (χ2v) is 7.60. The maximum atomic E-state index is 12.3. The van der Waals surface area contributed by atoms with E-state index in [2.05, 4.69) is 4.72 Å². The summed E-state index contributed by atoms with van der Waals surface area (Å²) in [6, 6.07) is 4.31. The van der Waals surface area contributed by atoms with Gasteiger partial charge in [0.25, 0.3) is 0 Å². The van der Waals surface area contributed by atoms with Crippen LogP contribution >= 0.6 is 23.8 Å². The number of sulfonamides is 1. The van der Waals surface area contributed by atoms with Crippen molar-refractivity contribution in [3.05, 3.63) is 28.8 Å². The van der Waals surface area contributed by atoms with Gasteiger partial charge in [-0.25, -0.2) is 13.1 Å². The molecular weight excluding hydrogens is 332 g/mol. The predicted octanol–water partition coefficient (Wildman–Crippen LogP) is 1.68. The van der Waals surface area contributed by atoms with Crippen LogP contribution in [-0.2, 0) is 14.8 Å². The quantitative estimate of drug-likeness (QED) is 0.791. The summed E-state index contributed by atoms with van der Waals surface area (Å²) in [6.07, 6.45) is 0.915. The van der Waals surface area contributed by atoms with Gasteiger partial charge < -0.3 is 10.5 Å². The maximum absolute atomic E-state index is 12.3. The monoisotopic (exact) mass is 348 g/mol. The van der Waals surface area contributed by atoms with Crippen LogP contribution in [0.4, 0.5) is 0 Å². The standard InChI is InChI=1S/C13H17ClN2O3S2/c1-8-9(4-5-19-8)7-16-21(17,18)10-2-3-11(13(15)20)12(14)6-10/h2-3,6,8-9,16H,4-5,7H2,1H3,(H2,15,20). The summed E-state index contributed by atoms with van der Waals surface area (Å²) in [7, 11) is -3.61. The van der Waals surface area contributed by atoms with Gasteiger partial charge in [-0.1, -0.05) is 23.8 Å². The molecule has 2 rings (SSSR count). The molecule has 8 heteroatoms.